The second-order valence-electron chi connectivity index (χ2n) is 5.36. The zero-order chi connectivity index (χ0) is 16.4. The van der Waals surface area contributed by atoms with E-state index in [1.165, 1.54) is 0 Å². The molecule has 0 amide bonds. The molecule has 3 N–H and O–H groups in total. The Bertz CT molecular complexity index is 968. The Labute approximate surface area is 138 Å². The highest BCUT2D eigenvalue weighted by molar-refractivity contribution is 5.88. The summed E-state index contributed by atoms with van der Waals surface area (Å²) >= 11 is 0. The van der Waals surface area contributed by atoms with Gasteiger partial charge in [0.25, 0.3) is 0 Å². The van der Waals surface area contributed by atoms with E-state index in [9.17, 15) is 0 Å². The van der Waals surface area contributed by atoms with Crippen LogP contribution in [0.1, 0.15) is 5.56 Å². The van der Waals surface area contributed by atoms with E-state index in [4.69, 9.17) is 10.5 Å². The van der Waals surface area contributed by atoms with Gasteiger partial charge < -0.3 is 10.5 Å². The fourth-order valence-electron chi connectivity index (χ4n) is 2.54. The molecule has 0 fully saturated rings. The van der Waals surface area contributed by atoms with Crippen LogP contribution >= 0.6 is 0 Å². The quantitative estimate of drug-likeness (QED) is 0.603. The molecule has 0 aliphatic heterocycles. The molecule has 6 nitrogen and oxygen atoms in total. The van der Waals surface area contributed by atoms with Gasteiger partial charge >= 0.3 is 0 Å². The first-order valence-corrected chi connectivity index (χ1v) is 7.53. The summed E-state index contributed by atoms with van der Waals surface area (Å²) in [7, 11) is 0. The van der Waals surface area contributed by atoms with Crippen molar-refractivity contribution in [3.05, 3.63) is 66.4 Å². The van der Waals surface area contributed by atoms with Crippen LogP contribution in [0.3, 0.4) is 0 Å². The summed E-state index contributed by atoms with van der Waals surface area (Å²) in [5, 5.41) is 7.75. The van der Waals surface area contributed by atoms with Gasteiger partial charge in [-0.15, -0.1) is 0 Å². The summed E-state index contributed by atoms with van der Waals surface area (Å²) in [4.78, 5) is 8.53. The number of ether oxygens (including phenoxy) is 1. The van der Waals surface area contributed by atoms with Crippen LogP contribution < -0.4 is 10.5 Å². The Morgan fingerprint density at radius 1 is 1.00 bits per heavy atom. The minimum absolute atomic E-state index is 0.194. The van der Waals surface area contributed by atoms with Gasteiger partial charge in [-0.05, 0) is 23.8 Å². The average Bonchev–Trinajstić information content (AvgIpc) is 3.15. The maximum atomic E-state index is 5.90. The van der Waals surface area contributed by atoms with Gasteiger partial charge in [-0.25, -0.2) is 4.98 Å². The third kappa shape index (κ3) is 2.77. The molecule has 118 valence electrons. The molecular formula is C18H15N5O. The number of benzene rings is 2. The van der Waals surface area contributed by atoms with Gasteiger partial charge in [0.2, 0.25) is 11.8 Å². The Balaban J connectivity index is 1.74. The number of H-pyrrole nitrogens is 1. The number of aromatic nitrogens is 4. The Hall–Kier alpha value is -3.41. The molecule has 2 aromatic heterocycles. The van der Waals surface area contributed by atoms with Gasteiger partial charge in [-0.3, -0.25) is 5.10 Å². The van der Waals surface area contributed by atoms with Crippen molar-refractivity contribution in [2.45, 2.75) is 6.61 Å². The first kappa shape index (κ1) is 14.2. The fourth-order valence-corrected chi connectivity index (χ4v) is 2.54. The van der Waals surface area contributed by atoms with Crippen molar-refractivity contribution in [2.75, 3.05) is 5.73 Å². The molecule has 0 saturated carbocycles. The number of nitrogens with one attached hydrogen (secondary N) is 1. The highest BCUT2D eigenvalue weighted by atomic mass is 16.5. The van der Waals surface area contributed by atoms with Gasteiger partial charge in [-0.2, -0.15) is 10.1 Å². The monoisotopic (exact) mass is 317 g/mol. The first-order valence-electron chi connectivity index (χ1n) is 7.53. The van der Waals surface area contributed by atoms with E-state index in [1.807, 2.05) is 54.6 Å². The van der Waals surface area contributed by atoms with Crippen molar-refractivity contribution in [1.82, 2.24) is 20.2 Å². The Kier molecular flexibility index (Phi) is 3.55. The van der Waals surface area contributed by atoms with Crippen LogP contribution in [0.15, 0.2) is 60.8 Å². The van der Waals surface area contributed by atoms with Crippen LogP contribution in [0, 0.1) is 0 Å². The molecule has 4 rings (SSSR count). The van der Waals surface area contributed by atoms with E-state index in [0.29, 0.717) is 12.5 Å². The number of nitrogens with zero attached hydrogens (tertiary/aromatic N) is 3. The third-order valence-corrected chi connectivity index (χ3v) is 3.71. The summed E-state index contributed by atoms with van der Waals surface area (Å²) in [6.45, 7) is 0.417. The molecule has 24 heavy (non-hydrogen) atoms. The van der Waals surface area contributed by atoms with E-state index in [0.717, 1.165) is 27.7 Å². The summed E-state index contributed by atoms with van der Waals surface area (Å²) in [5.74, 6) is 0.669. The Morgan fingerprint density at radius 2 is 1.88 bits per heavy atom. The fraction of sp³-hybridized carbons (Fsp3) is 0.0556. The predicted octanol–water partition coefficient (Wildman–Crippen LogP) is 3.18. The summed E-state index contributed by atoms with van der Waals surface area (Å²) in [6.07, 6.45) is 1.71. The molecule has 0 aliphatic carbocycles. The number of rotatable bonds is 4. The highest BCUT2D eigenvalue weighted by Crippen LogP contribution is 2.28. The number of anilines is 1. The number of hydrogen-bond acceptors (Lipinski definition) is 5. The van der Waals surface area contributed by atoms with Crippen LogP contribution in [0.4, 0.5) is 5.95 Å². The van der Waals surface area contributed by atoms with Crippen molar-refractivity contribution in [2.24, 2.45) is 0 Å². The Morgan fingerprint density at radius 3 is 2.67 bits per heavy atom. The molecule has 0 radical (unpaired) electrons. The van der Waals surface area contributed by atoms with E-state index in [1.54, 1.807) is 6.20 Å². The van der Waals surface area contributed by atoms with E-state index in [-0.39, 0.29) is 5.95 Å². The lowest BCUT2D eigenvalue weighted by molar-refractivity contribution is 0.298. The smallest absolute Gasteiger partial charge is 0.226 e. The van der Waals surface area contributed by atoms with Crippen LogP contribution in [-0.4, -0.2) is 20.2 Å². The number of aromatic amines is 1. The van der Waals surface area contributed by atoms with E-state index < -0.39 is 0 Å². The van der Waals surface area contributed by atoms with Gasteiger partial charge in [0.1, 0.15) is 6.61 Å². The normalized spacial score (nSPS) is 10.8. The SMILES string of the molecule is Nc1nc(OCc2ccccc2)c2cc(-c3ccn[nH]3)ccc2n1. The van der Waals surface area contributed by atoms with Gasteiger partial charge in [0.15, 0.2) is 0 Å². The maximum Gasteiger partial charge on any atom is 0.226 e. The largest absolute Gasteiger partial charge is 0.472 e. The van der Waals surface area contributed by atoms with Crippen molar-refractivity contribution in [3.63, 3.8) is 0 Å². The zero-order valence-corrected chi connectivity index (χ0v) is 12.8. The standard InChI is InChI=1S/C18H15N5O/c19-18-21-16-7-6-13(15-8-9-20-23-15)10-14(16)17(22-18)24-11-12-4-2-1-3-5-12/h1-10H,11H2,(H,20,23)(H2,19,21,22). The summed E-state index contributed by atoms with van der Waals surface area (Å²) in [5.41, 5.74) is 9.52. The van der Waals surface area contributed by atoms with Crippen molar-refractivity contribution in [1.29, 1.82) is 0 Å². The number of hydrogen-bond donors (Lipinski definition) is 2. The van der Waals surface area contributed by atoms with E-state index in [2.05, 4.69) is 20.2 Å². The molecule has 0 bridgehead atoms. The molecule has 0 saturated heterocycles. The molecule has 6 heteroatoms. The molecule has 0 aliphatic rings. The molecule has 4 aromatic rings. The molecule has 0 unspecified atom stereocenters. The van der Waals surface area contributed by atoms with Crippen molar-refractivity contribution in [3.8, 4) is 17.1 Å². The van der Waals surface area contributed by atoms with Crippen LogP contribution in [0.2, 0.25) is 0 Å². The number of nitrogens with two attached hydrogens (primary N) is 1. The predicted molar refractivity (Wildman–Crippen MR) is 92.3 cm³/mol. The van der Waals surface area contributed by atoms with Crippen LogP contribution in [-0.2, 0) is 6.61 Å². The lowest BCUT2D eigenvalue weighted by atomic mass is 10.1. The second-order valence-corrected chi connectivity index (χ2v) is 5.36. The minimum atomic E-state index is 0.194. The highest BCUT2D eigenvalue weighted by Gasteiger charge is 2.10. The first-order chi connectivity index (χ1) is 11.8. The van der Waals surface area contributed by atoms with Crippen molar-refractivity contribution < 1.29 is 4.74 Å². The lowest BCUT2D eigenvalue weighted by Gasteiger charge is -2.10. The molecule has 2 heterocycles. The summed E-state index contributed by atoms with van der Waals surface area (Å²) < 4.78 is 5.90. The lowest BCUT2D eigenvalue weighted by Crippen LogP contribution is -2.02. The molecule has 2 aromatic carbocycles. The minimum Gasteiger partial charge on any atom is -0.472 e. The number of nitrogen functional groups attached to an aromatic ring is 1. The van der Waals surface area contributed by atoms with Gasteiger partial charge in [0.05, 0.1) is 16.6 Å². The topological polar surface area (TPSA) is 89.7 Å². The zero-order valence-electron chi connectivity index (χ0n) is 12.8. The number of fused-ring (bicyclic) bond motifs is 1. The van der Waals surface area contributed by atoms with Gasteiger partial charge in [-0.1, -0.05) is 36.4 Å². The molecule has 0 spiro atoms. The molecular weight excluding hydrogens is 302 g/mol. The third-order valence-electron chi connectivity index (χ3n) is 3.71. The van der Waals surface area contributed by atoms with Crippen LogP contribution in [0.25, 0.3) is 22.2 Å². The van der Waals surface area contributed by atoms with Crippen molar-refractivity contribution >= 4 is 16.9 Å². The van der Waals surface area contributed by atoms with Gasteiger partial charge in [0, 0.05) is 11.8 Å². The average molecular weight is 317 g/mol. The second kappa shape index (κ2) is 6.00. The van der Waals surface area contributed by atoms with Crippen LogP contribution in [0.5, 0.6) is 5.88 Å². The maximum absolute atomic E-state index is 5.90. The van der Waals surface area contributed by atoms with E-state index >= 15 is 0 Å². The molecule has 0 atom stereocenters. The summed E-state index contributed by atoms with van der Waals surface area (Å²) in [6, 6.07) is 17.7.